The summed E-state index contributed by atoms with van der Waals surface area (Å²) in [5.74, 6) is 1.82. The van der Waals surface area contributed by atoms with Crippen LogP contribution in [0.25, 0.3) is 0 Å². The van der Waals surface area contributed by atoms with E-state index in [1.807, 2.05) is 42.5 Å². The van der Waals surface area contributed by atoms with Gasteiger partial charge in [0.15, 0.2) is 0 Å². The highest BCUT2D eigenvalue weighted by atomic mass is 16.6. The van der Waals surface area contributed by atoms with Crippen molar-refractivity contribution in [2.45, 2.75) is 44.9 Å². The average Bonchev–Trinajstić information content (AvgIpc) is 3.06. The number of piperazine rings is 1. The van der Waals surface area contributed by atoms with Crippen LogP contribution in [0.4, 0.5) is 4.79 Å². The summed E-state index contributed by atoms with van der Waals surface area (Å²) >= 11 is 0. The number of hydrogen-bond donors (Lipinski definition) is 1. The molecule has 1 saturated heterocycles. The van der Waals surface area contributed by atoms with Gasteiger partial charge in [0.2, 0.25) is 0 Å². The Balaban J connectivity index is 1.21. The molecule has 1 fully saturated rings. The third-order valence-electron chi connectivity index (χ3n) is 5.49. The van der Waals surface area contributed by atoms with E-state index in [-0.39, 0.29) is 17.7 Å². The van der Waals surface area contributed by atoms with E-state index in [0.29, 0.717) is 26.3 Å². The molecule has 1 atom stereocenters. The molecular weight excluding hydrogens is 380 g/mol. The summed E-state index contributed by atoms with van der Waals surface area (Å²) in [6, 6.07) is 16.0. The molecule has 6 heteroatoms. The fraction of sp³-hybridized carbons (Fsp3) is 0.458. The minimum Gasteiger partial charge on any atom is -0.494 e. The fourth-order valence-electron chi connectivity index (χ4n) is 3.99. The molecule has 160 valence electrons. The van der Waals surface area contributed by atoms with E-state index in [1.54, 1.807) is 4.90 Å². The summed E-state index contributed by atoms with van der Waals surface area (Å²) in [4.78, 5) is 14.2. The van der Waals surface area contributed by atoms with Crippen molar-refractivity contribution in [2.75, 3.05) is 26.2 Å². The predicted octanol–water partition coefficient (Wildman–Crippen LogP) is 3.78. The molecule has 2 aromatic rings. The second kappa shape index (κ2) is 8.96. The van der Waals surface area contributed by atoms with Crippen LogP contribution < -0.4 is 14.8 Å². The van der Waals surface area contributed by atoms with E-state index in [2.05, 4.69) is 25.2 Å². The summed E-state index contributed by atoms with van der Waals surface area (Å²) in [5, 5.41) is 3.47. The SMILES string of the molecule is CC1(C)Cc2cc(OCC[C@@H]3CN(C(=O)OCc4ccccc4)CCN3)ccc2O1. The second-order valence-corrected chi connectivity index (χ2v) is 8.58. The Morgan fingerprint density at radius 3 is 2.90 bits per heavy atom. The lowest BCUT2D eigenvalue weighted by Crippen LogP contribution is -2.53. The highest BCUT2D eigenvalue weighted by molar-refractivity contribution is 5.67. The van der Waals surface area contributed by atoms with Gasteiger partial charge < -0.3 is 24.4 Å². The van der Waals surface area contributed by atoms with Gasteiger partial charge in [-0.25, -0.2) is 4.79 Å². The van der Waals surface area contributed by atoms with Crippen LogP contribution in [-0.4, -0.2) is 48.9 Å². The van der Waals surface area contributed by atoms with Crippen molar-refractivity contribution in [3.63, 3.8) is 0 Å². The van der Waals surface area contributed by atoms with Gasteiger partial charge in [-0.3, -0.25) is 0 Å². The number of rotatable bonds is 6. The Morgan fingerprint density at radius 2 is 2.07 bits per heavy atom. The molecule has 0 aromatic heterocycles. The van der Waals surface area contributed by atoms with Crippen LogP contribution in [0.3, 0.4) is 0 Å². The Kier molecular flexibility index (Phi) is 6.13. The Labute approximate surface area is 178 Å². The van der Waals surface area contributed by atoms with Gasteiger partial charge >= 0.3 is 6.09 Å². The Hall–Kier alpha value is -2.73. The minimum atomic E-state index is -0.257. The maximum atomic E-state index is 12.4. The van der Waals surface area contributed by atoms with Crippen LogP contribution in [0.5, 0.6) is 11.5 Å². The first-order chi connectivity index (χ1) is 14.5. The first kappa shape index (κ1) is 20.5. The number of amides is 1. The Bertz CT molecular complexity index is 869. The number of hydrogen-bond acceptors (Lipinski definition) is 5. The number of carbonyl (C=O) groups excluding carboxylic acids is 1. The molecule has 4 rings (SSSR count). The quantitative estimate of drug-likeness (QED) is 0.785. The van der Waals surface area contributed by atoms with Crippen molar-refractivity contribution < 1.29 is 19.0 Å². The largest absolute Gasteiger partial charge is 0.494 e. The zero-order chi connectivity index (χ0) is 21.0. The van der Waals surface area contributed by atoms with Crippen molar-refractivity contribution in [3.8, 4) is 11.5 Å². The van der Waals surface area contributed by atoms with Gasteiger partial charge in [0.25, 0.3) is 0 Å². The topological polar surface area (TPSA) is 60.0 Å². The summed E-state index contributed by atoms with van der Waals surface area (Å²) in [6.07, 6.45) is 1.46. The van der Waals surface area contributed by atoms with Crippen molar-refractivity contribution in [1.29, 1.82) is 0 Å². The molecular formula is C24H30N2O4. The van der Waals surface area contributed by atoms with Crippen LogP contribution >= 0.6 is 0 Å². The number of benzene rings is 2. The smallest absolute Gasteiger partial charge is 0.410 e. The third kappa shape index (κ3) is 5.25. The maximum Gasteiger partial charge on any atom is 0.410 e. The van der Waals surface area contributed by atoms with Gasteiger partial charge in [-0.1, -0.05) is 30.3 Å². The molecule has 1 amide bonds. The standard InChI is InChI=1S/C24H30N2O4/c1-24(2)15-19-14-21(8-9-22(19)30-24)28-13-10-20-16-26(12-11-25-20)23(27)29-17-18-6-4-3-5-7-18/h3-9,14,20,25H,10-13,15-17H2,1-2H3/t20-/m1/s1. The normalized spacial score (nSPS) is 19.7. The van der Waals surface area contributed by atoms with Gasteiger partial charge in [0, 0.05) is 37.7 Å². The van der Waals surface area contributed by atoms with Crippen molar-refractivity contribution in [1.82, 2.24) is 10.2 Å². The molecule has 0 saturated carbocycles. The lowest BCUT2D eigenvalue weighted by Gasteiger charge is -2.33. The third-order valence-corrected chi connectivity index (χ3v) is 5.49. The van der Waals surface area contributed by atoms with E-state index in [4.69, 9.17) is 14.2 Å². The molecule has 2 aliphatic rings. The zero-order valence-electron chi connectivity index (χ0n) is 17.7. The van der Waals surface area contributed by atoms with E-state index in [0.717, 1.165) is 36.4 Å². The number of fused-ring (bicyclic) bond motifs is 1. The van der Waals surface area contributed by atoms with Gasteiger partial charge in [-0.05, 0) is 44.0 Å². The molecule has 2 aliphatic heterocycles. The first-order valence-corrected chi connectivity index (χ1v) is 10.6. The van der Waals surface area contributed by atoms with E-state index < -0.39 is 0 Å². The zero-order valence-corrected chi connectivity index (χ0v) is 17.7. The molecule has 0 unspecified atom stereocenters. The van der Waals surface area contributed by atoms with Crippen LogP contribution in [0.15, 0.2) is 48.5 Å². The molecule has 2 heterocycles. The summed E-state index contributed by atoms with van der Waals surface area (Å²) < 4.78 is 17.4. The van der Waals surface area contributed by atoms with Crippen LogP contribution in [0, 0.1) is 0 Å². The molecule has 6 nitrogen and oxygen atoms in total. The molecule has 0 aliphatic carbocycles. The van der Waals surface area contributed by atoms with E-state index in [9.17, 15) is 4.79 Å². The molecule has 30 heavy (non-hydrogen) atoms. The Morgan fingerprint density at radius 1 is 1.23 bits per heavy atom. The second-order valence-electron chi connectivity index (χ2n) is 8.58. The minimum absolute atomic E-state index is 0.147. The highest BCUT2D eigenvalue weighted by Gasteiger charge is 2.30. The lowest BCUT2D eigenvalue weighted by molar-refractivity contribution is 0.0827. The summed E-state index contributed by atoms with van der Waals surface area (Å²) in [7, 11) is 0. The molecule has 0 radical (unpaired) electrons. The average molecular weight is 411 g/mol. The summed E-state index contributed by atoms with van der Waals surface area (Å²) in [6.45, 7) is 7.13. The summed E-state index contributed by atoms with van der Waals surface area (Å²) in [5.41, 5.74) is 2.04. The van der Waals surface area contributed by atoms with Gasteiger partial charge in [-0.15, -0.1) is 0 Å². The molecule has 2 aromatic carbocycles. The number of nitrogens with zero attached hydrogens (tertiary/aromatic N) is 1. The fourth-order valence-corrected chi connectivity index (χ4v) is 3.99. The monoisotopic (exact) mass is 410 g/mol. The van der Waals surface area contributed by atoms with Crippen molar-refractivity contribution in [2.24, 2.45) is 0 Å². The van der Waals surface area contributed by atoms with E-state index in [1.165, 1.54) is 5.56 Å². The first-order valence-electron chi connectivity index (χ1n) is 10.6. The number of carbonyl (C=O) groups is 1. The predicted molar refractivity (Wildman–Crippen MR) is 115 cm³/mol. The van der Waals surface area contributed by atoms with Crippen molar-refractivity contribution >= 4 is 6.09 Å². The number of nitrogens with one attached hydrogen (secondary N) is 1. The highest BCUT2D eigenvalue weighted by Crippen LogP contribution is 2.36. The molecule has 0 bridgehead atoms. The van der Waals surface area contributed by atoms with Gasteiger partial charge in [0.05, 0.1) is 6.61 Å². The number of ether oxygens (including phenoxy) is 3. The van der Waals surface area contributed by atoms with Crippen LogP contribution in [0.2, 0.25) is 0 Å². The molecule has 0 spiro atoms. The van der Waals surface area contributed by atoms with Crippen LogP contribution in [0.1, 0.15) is 31.4 Å². The lowest BCUT2D eigenvalue weighted by atomic mass is 10.0. The van der Waals surface area contributed by atoms with Gasteiger partial charge in [-0.2, -0.15) is 0 Å². The van der Waals surface area contributed by atoms with Crippen molar-refractivity contribution in [3.05, 3.63) is 59.7 Å². The van der Waals surface area contributed by atoms with E-state index >= 15 is 0 Å². The van der Waals surface area contributed by atoms with Crippen LogP contribution in [-0.2, 0) is 17.8 Å². The molecule has 1 N–H and O–H groups in total. The van der Waals surface area contributed by atoms with Gasteiger partial charge in [0.1, 0.15) is 23.7 Å². The maximum absolute atomic E-state index is 12.4.